The highest BCUT2D eigenvalue weighted by Crippen LogP contribution is 2.32. The van der Waals surface area contributed by atoms with Gasteiger partial charge in [-0.05, 0) is 68.8 Å². The van der Waals surface area contributed by atoms with Crippen LogP contribution in [-0.2, 0) is 0 Å². The van der Waals surface area contributed by atoms with Gasteiger partial charge in [-0.1, -0.05) is 17.0 Å². The molecule has 1 N–H and O–H groups in total. The molecule has 2 heterocycles. The van der Waals surface area contributed by atoms with E-state index in [2.05, 4.69) is 20.6 Å². The number of nitrogens with one attached hydrogen (secondary N) is 1. The molecule has 0 aliphatic heterocycles. The monoisotopic (exact) mass is 439 g/mol. The van der Waals surface area contributed by atoms with Gasteiger partial charge in [0.1, 0.15) is 5.82 Å². The van der Waals surface area contributed by atoms with E-state index in [9.17, 15) is 9.18 Å². The Hall–Kier alpha value is -3.04. The number of thiazole rings is 1. The molecule has 2 aromatic carbocycles. The van der Waals surface area contributed by atoms with Crippen LogP contribution in [-0.4, -0.2) is 25.9 Å². The number of benzene rings is 2. The van der Waals surface area contributed by atoms with Crippen molar-refractivity contribution in [2.75, 3.05) is 5.32 Å². The second-order valence-electron chi connectivity index (χ2n) is 6.70. The predicted molar refractivity (Wildman–Crippen MR) is 116 cm³/mol. The van der Waals surface area contributed by atoms with Gasteiger partial charge in [0, 0.05) is 21.7 Å². The Kier molecular flexibility index (Phi) is 5.65. The summed E-state index contributed by atoms with van der Waals surface area (Å²) in [5.41, 5.74) is 4.07. The summed E-state index contributed by atoms with van der Waals surface area (Å²) in [5, 5.41) is 13.0. The van der Waals surface area contributed by atoms with Gasteiger partial charge in [-0.3, -0.25) is 4.79 Å². The van der Waals surface area contributed by atoms with Crippen LogP contribution in [0.5, 0.6) is 0 Å². The quantitative estimate of drug-likeness (QED) is 0.463. The molecular weight excluding hydrogens is 421 g/mol. The van der Waals surface area contributed by atoms with Gasteiger partial charge in [0.2, 0.25) is 0 Å². The van der Waals surface area contributed by atoms with Crippen molar-refractivity contribution in [2.45, 2.75) is 30.0 Å². The number of hydrogen-bond donors (Lipinski definition) is 1. The van der Waals surface area contributed by atoms with Gasteiger partial charge in [-0.25, -0.2) is 14.1 Å². The fourth-order valence-corrected chi connectivity index (χ4v) is 4.78. The number of nitrogens with zero attached hydrogens (tertiary/aromatic N) is 4. The Morgan fingerprint density at radius 3 is 2.57 bits per heavy atom. The number of hydrogen-bond acceptors (Lipinski definition) is 6. The lowest BCUT2D eigenvalue weighted by Crippen LogP contribution is -2.15. The third kappa shape index (κ3) is 4.27. The molecule has 4 aromatic rings. The standard InChI is InChI=1S/C21H18FN5OS2/c1-12-10-17(30-21-23-13(2)11-29-21)8-9-18(12)24-20(28)19-14(3)27(26-25-19)16-6-4-15(22)5-7-16/h4-11H,1-3H3,(H,24,28). The van der Waals surface area contributed by atoms with E-state index in [1.165, 1.54) is 16.8 Å². The highest BCUT2D eigenvalue weighted by molar-refractivity contribution is 8.01. The third-order valence-corrected chi connectivity index (χ3v) is 6.48. The number of halogens is 1. The number of carbonyl (C=O) groups excluding carboxylic acids is 1. The van der Waals surface area contributed by atoms with E-state index in [0.717, 1.165) is 20.5 Å². The second-order valence-corrected chi connectivity index (χ2v) is 8.88. The van der Waals surface area contributed by atoms with Crippen LogP contribution in [0.1, 0.15) is 27.4 Å². The summed E-state index contributed by atoms with van der Waals surface area (Å²) in [5.74, 6) is -0.684. The Morgan fingerprint density at radius 1 is 1.13 bits per heavy atom. The predicted octanol–water partition coefficient (Wildman–Crippen LogP) is 5.19. The van der Waals surface area contributed by atoms with Crippen molar-refractivity contribution < 1.29 is 9.18 Å². The first kappa shape index (κ1) is 20.2. The molecule has 4 rings (SSSR count). The smallest absolute Gasteiger partial charge is 0.278 e. The highest BCUT2D eigenvalue weighted by Gasteiger charge is 2.18. The molecule has 0 fully saturated rings. The molecule has 0 unspecified atom stereocenters. The van der Waals surface area contributed by atoms with Gasteiger partial charge in [-0.15, -0.1) is 16.4 Å². The first-order valence-electron chi connectivity index (χ1n) is 9.11. The molecular formula is C21H18FN5OS2. The van der Waals surface area contributed by atoms with Crippen molar-refractivity contribution >= 4 is 34.7 Å². The maximum atomic E-state index is 13.2. The van der Waals surface area contributed by atoms with Crippen molar-refractivity contribution in [1.29, 1.82) is 0 Å². The van der Waals surface area contributed by atoms with Crippen LogP contribution in [0.25, 0.3) is 5.69 Å². The zero-order chi connectivity index (χ0) is 21.3. The molecule has 0 bridgehead atoms. The second kappa shape index (κ2) is 8.37. The lowest BCUT2D eigenvalue weighted by Gasteiger charge is -2.09. The molecule has 30 heavy (non-hydrogen) atoms. The van der Waals surface area contributed by atoms with Gasteiger partial charge < -0.3 is 5.32 Å². The fourth-order valence-electron chi connectivity index (χ4n) is 2.87. The molecule has 0 aliphatic rings. The maximum Gasteiger partial charge on any atom is 0.278 e. The first-order chi connectivity index (χ1) is 14.4. The zero-order valence-electron chi connectivity index (χ0n) is 16.5. The minimum absolute atomic E-state index is 0.218. The van der Waals surface area contributed by atoms with Crippen LogP contribution in [0.3, 0.4) is 0 Å². The van der Waals surface area contributed by atoms with E-state index in [4.69, 9.17) is 0 Å². The average Bonchev–Trinajstić information content (AvgIpc) is 3.30. The van der Waals surface area contributed by atoms with Crippen molar-refractivity contribution in [3.05, 3.63) is 76.3 Å². The van der Waals surface area contributed by atoms with E-state index in [1.807, 2.05) is 37.4 Å². The summed E-state index contributed by atoms with van der Waals surface area (Å²) in [7, 11) is 0. The summed E-state index contributed by atoms with van der Waals surface area (Å²) in [4.78, 5) is 18.3. The molecule has 0 atom stereocenters. The van der Waals surface area contributed by atoms with Gasteiger partial charge >= 0.3 is 0 Å². The lowest BCUT2D eigenvalue weighted by atomic mass is 10.2. The van der Waals surface area contributed by atoms with Gasteiger partial charge in [0.25, 0.3) is 5.91 Å². The van der Waals surface area contributed by atoms with Crippen molar-refractivity contribution in [1.82, 2.24) is 20.0 Å². The van der Waals surface area contributed by atoms with Crippen molar-refractivity contribution in [3.8, 4) is 5.69 Å². The van der Waals surface area contributed by atoms with Gasteiger partial charge in [0.05, 0.1) is 11.4 Å². The molecule has 152 valence electrons. The highest BCUT2D eigenvalue weighted by atomic mass is 32.2. The summed E-state index contributed by atoms with van der Waals surface area (Å²) >= 11 is 3.20. The van der Waals surface area contributed by atoms with Crippen molar-refractivity contribution in [2.24, 2.45) is 0 Å². The Balaban J connectivity index is 1.50. The molecule has 0 saturated heterocycles. The van der Waals surface area contributed by atoms with E-state index < -0.39 is 0 Å². The Morgan fingerprint density at radius 2 is 1.90 bits per heavy atom. The molecule has 0 saturated carbocycles. The SMILES string of the molecule is Cc1csc(Sc2ccc(NC(=O)c3nnn(-c4ccc(F)cc4)c3C)c(C)c2)n1. The van der Waals surface area contributed by atoms with E-state index in [0.29, 0.717) is 17.1 Å². The third-order valence-electron chi connectivity index (χ3n) is 4.43. The van der Waals surface area contributed by atoms with E-state index >= 15 is 0 Å². The van der Waals surface area contributed by atoms with E-state index in [1.54, 1.807) is 42.2 Å². The number of aryl methyl sites for hydroxylation is 2. The van der Waals surface area contributed by atoms with Crippen LogP contribution < -0.4 is 5.32 Å². The van der Waals surface area contributed by atoms with Crippen LogP contribution in [0, 0.1) is 26.6 Å². The number of amides is 1. The summed E-state index contributed by atoms with van der Waals surface area (Å²) < 4.78 is 15.6. The summed E-state index contributed by atoms with van der Waals surface area (Å²) in [6, 6.07) is 11.7. The fraction of sp³-hybridized carbons (Fsp3) is 0.143. The molecule has 0 spiro atoms. The number of carbonyl (C=O) groups is 1. The van der Waals surface area contributed by atoms with Gasteiger partial charge in [-0.2, -0.15) is 0 Å². The number of anilines is 1. The Labute approximate surface area is 181 Å². The number of rotatable bonds is 5. The number of aromatic nitrogens is 4. The van der Waals surface area contributed by atoms with E-state index in [-0.39, 0.29) is 17.4 Å². The van der Waals surface area contributed by atoms with Crippen molar-refractivity contribution in [3.63, 3.8) is 0 Å². The first-order valence-corrected chi connectivity index (χ1v) is 10.8. The maximum absolute atomic E-state index is 13.2. The van der Waals surface area contributed by atoms with Crippen LogP contribution in [0.2, 0.25) is 0 Å². The van der Waals surface area contributed by atoms with Crippen LogP contribution in [0.4, 0.5) is 10.1 Å². The van der Waals surface area contributed by atoms with Crippen LogP contribution in [0.15, 0.2) is 57.1 Å². The molecule has 2 aromatic heterocycles. The topological polar surface area (TPSA) is 72.7 Å². The zero-order valence-corrected chi connectivity index (χ0v) is 18.1. The van der Waals surface area contributed by atoms with Crippen LogP contribution >= 0.6 is 23.1 Å². The molecule has 9 heteroatoms. The summed E-state index contributed by atoms with van der Waals surface area (Å²) in [6.45, 7) is 5.66. The van der Waals surface area contributed by atoms with Gasteiger partial charge in [0.15, 0.2) is 10.0 Å². The molecule has 0 radical (unpaired) electrons. The molecule has 1 amide bonds. The summed E-state index contributed by atoms with van der Waals surface area (Å²) in [6.07, 6.45) is 0. The Bertz CT molecular complexity index is 1220. The average molecular weight is 440 g/mol. The largest absolute Gasteiger partial charge is 0.320 e. The molecule has 0 aliphatic carbocycles. The molecule has 6 nitrogen and oxygen atoms in total. The minimum Gasteiger partial charge on any atom is -0.320 e. The lowest BCUT2D eigenvalue weighted by molar-refractivity contribution is 0.102. The normalized spacial score (nSPS) is 10.9. The minimum atomic E-state index is -0.347.